The highest BCUT2D eigenvalue weighted by molar-refractivity contribution is 5.80. The fourth-order valence-corrected chi connectivity index (χ4v) is 3.85. The average molecular weight is 375 g/mol. The van der Waals surface area contributed by atoms with Crippen LogP contribution in [0.3, 0.4) is 0 Å². The number of aliphatic imine (C=N–C) groups is 1. The SMILES string of the molecule is CN=C(NCC1CN(C)CCN1C)N1CCN(c2cccc(OC)c2)CC1. The lowest BCUT2D eigenvalue weighted by molar-refractivity contribution is 0.116. The molecule has 1 aromatic carbocycles. The topological polar surface area (TPSA) is 46.6 Å². The lowest BCUT2D eigenvalue weighted by atomic mass is 10.2. The molecule has 0 aromatic heterocycles. The lowest BCUT2D eigenvalue weighted by Gasteiger charge is -2.40. The molecule has 0 saturated carbocycles. The Morgan fingerprint density at radius 1 is 1.15 bits per heavy atom. The number of likely N-dealkylation sites (N-methyl/N-ethyl adjacent to an activating group) is 2. The van der Waals surface area contributed by atoms with Crippen LogP contribution in [0.1, 0.15) is 0 Å². The van der Waals surface area contributed by atoms with Gasteiger partial charge in [-0.05, 0) is 26.2 Å². The van der Waals surface area contributed by atoms with Crippen molar-refractivity contribution in [1.29, 1.82) is 0 Å². The summed E-state index contributed by atoms with van der Waals surface area (Å²) in [6, 6.07) is 8.83. The zero-order valence-electron chi connectivity index (χ0n) is 17.2. The van der Waals surface area contributed by atoms with Gasteiger partial charge in [-0.2, -0.15) is 0 Å². The molecule has 2 aliphatic rings. The van der Waals surface area contributed by atoms with E-state index in [0.717, 1.165) is 64.1 Å². The number of nitrogens with one attached hydrogen (secondary N) is 1. The number of hydrogen-bond acceptors (Lipinski definition) is 5. The van der Waals surface area contributed by atoms with Crippen LogP contribution in [-0.4, -0.2) is 107 Å². The third-order valence-corrected chi connectivity index (χ3v) is 5.69. The standard InChI is InChI=1S/C20H34N6O/c1-21-20(22-15-18-16-23(2)8-9-24(18)3)26-12-10-25(11-13-26)17-6-5-7-19(14-17)27-4/h5-7,14,18H,8-13,15-16H2,1-4H3,(H,21,22). The van der Waals surface area contributed by atoms with E-state index in [1.807, 2.05) is 13.1 Å². The molecule has 1 unspecified atom stereocenters. The number of guanidine groups is 1. The van der Waals surface area contributed by atoms with E-state index < -0.39 is 0 Å². The van der Waals surface area contributed by atoms with Crippen LogP contribution in [-0.2, 0) is 0 Å². The van der Waals surface area contributed by atoms with Gasteiger partial charge in [0.15, 0.2) is 5.96 Å². The number of hydrogen-bond donors (Lipinski definition) is 1. The van der Waals surface area contributed by atoms with Gasteiger partial charge in [0.2, 0.25) is 0 Å². The normalized spacial score (nSPS) is 22.8. The van der Waals surface area contributed by atoms with Crippen LogP contribution in [0.5, 0.6) is 5.75 Å². The first-order valence-corrected chi connectivity index (χ1v) is 9.84. The Hall–Kier alpha value is -1.99. The smallest absolute Gasteiger partial charge is 0.193 e. The Morgan fingerprint density at radius 3 is 2.63 bits per heavy atom. The second-order valence-electron chi connectivity index (χ2n) is 7.50. The molecule has 1 aromatic rings. The molecule has 0 amide bonds. The van der Waals surface area contributed by atoms with Gasteiger partial charge < -0.3 is 24.8 Å². The van der Waals surface area contributed by atoms with Crippen LogP contribution < -0.4 is 15.0 Å². The molecule has 0 bridgehead atoms. The fraction of sp³-hybridized carbons (Fsp3) is 0.650. The van der Waals surface area contributed by atoms with Gasteiger partial charge in [0, 0.05) is 77.2 Å². The minimum atomic E-state index is 0.526. The number of ether oxygens (including phenoxy) is 1. The second-order valence-corrected chi connectivity index (χ2v) is 7.50. The Kier molecular flexibility index (Phi) is 6.79. The Morgan fingerprint density at radius 2 is 1.93 bits per heavy atom. The molecule has 0 radical (unpaired) electrons. The summed E-state index contributed by atoms with van der Waals surface area (Å²) >= 11 is 0. The molecule has 1 N–H and O–H groups in total. The largest absolute Gasteiger partial charge is 0.497 e. The van der Waals surface area contributed by atoms with E-state index in [-0.39, 0.29) is 0 Å². The summed E-state index contributed by atoms with van der Waals surface area (Å²) in [7, 11) is 8.02. The highest BCUT2D eigenvalue weighted by Crippen LogP contribution is 2.22. The molecule has 2 aliphatic heterocycles. The Bertz CT molecular complexity index is 629. The fourth-order valence-electron chi connectivity index (χ4n) is 3.85. The van der Waals surface area contributed by atoms with Crippen LogP contribution in [0, 0.1) is 0 Å². The summed E-state index contributed by atoms with van der Waals surface area (Å²) in [5.74, 6) is 1.93. The predicted octanol–water partition coefficient (Wildman–Crippen LogP) is 0.638. The van der Waals surface area contributed by atoms with Crippen LogP contribution >= 0.6 is 0 Å². The van der Waals surface area contributed by atoms with E-state index in [4.69, 9.17) is 4.74 Å². The van der Waals surface area contributed by atoms with Gasteiger partial charge in [-0.25, -0.2) is 0 Å². The van der Waals surface area contributed by atoms with Crippen molar-refractivity contribution < 1.29 is 4.74 Å². The van der Waals surface area contributed by atoms with Crippen LogP contribution in [0.4, 0.5) is 5.69 Å². The van der Waals surface area contributed by atoms with Crippen molar-refractivity contribution in [1.82, 2.24) is 20.0 Å². The molecule has 3 rings (SSSR count). The molecule has 0 spiro atoms. The molecule has 0 aliphatic carbocycles. The van der Waals surface area contributed by atoms with E-state index >= 15 is 0 Å². The van der Waals surface area contributed by atoms with E-state index in [1.165, 1.54) is 5.69 Å². The summed E-state index contributed by atoms with van der Waals surface area (Å²) in [4.78, 5) is 14.2. The van der Waals surface area contributed by atoms with Crippen molar-refractivity contribution in [2.24, 2.45) is 4.99 Å². The monoisotopic (exact) mass is 374 g/mol. The van der Waals surface area contributed by atoms with Crippen LogP contribution in [0.2, 0.25) is 0 Å². The number of benzene rings is 1. The maximum atomic E-state index is 5.35. The van der Waals surface area contributed by atoms with Gasteiger partial charge in [0.1, 0.15) is 5.75 Å². The highest BCUT2D eigenvalue weighted by atomic mass is 16.5. The van der Waals surface area contributed by atoms with Crippen molar-refractivity contribution in [2.75, 3.05) is 85.5 Å². The number of piperazine rings is 2. The van der Waals surface area contributed by atoms with E-state index in [0.29, 0.717) is 6.04 Å². The minimum Gasteiger partial charge on any atom is -0.497 e. The molecule has 150 valence electrons. The van der Waals surface area contributed by atoms with E-state index in [9.17, 15) is 0 Å². The first-order chi connectivity index (χ1) is 13.1. The summed E-state index contributed by atoms with van der Waals surface area (Å²) in [5.41, 5.74) is 1.23. The second kappa shape index (κ2) is 9.28. The first kappa shape index (κ1) is 19.8. The Balaban J connectivity index is 1.51. The van der Waals surface area contributed by atoms with Crippen LogP contribution in [0.25, 0.3) is 0 Å². The molecule has 2 heterocycles. The zero-order chi connectivity index (χ0) is 19.2. The Labute approximate surface area is 163 Å². The molecule has 7 heteroatoms. The van der Waals surface area contributed by atoms with Crippen molar-refractivity contribution in [3.05, 3.63) is 24.3 Å². The summed E-state index contributed by atoms with van der Waals surface area (Å²) in [5, 5.41) is 3.60. The predicted molar refractivity (Wildman–Crippen MR) is 112 cm³/mol. The quantitative estimate of drug-likeness (QED) is 0.617. The molecule has 27 heavy (non-hydrogen) atoms. The number of rotatable bonds is 4. The summed E-state index contributed by atoms with van der Waals surface area (Å²) in [6.07, 6.45) is 0. The molecular formula is C20H34N6O. The molecule has 7 nitrogen and oxygen atoms in total. The van der Waals surface area contributed by atoms with Crippen molar-refractivity contribution in [2.45, 2.75) is 6.04 Å². The summed E-state index contributed by atoms with van der Waals surface area (Å²) in [6.45, 7) is 8.22. The average Bonchev–Trinajstić information content (AvgIpc) is 2.71. The molecule has 2 fully saturated rings. The van der Waals surface area contributed by atoms with E-state index in [1.54, 1.807) is 7.11 Å². The number of anilines is 1. The summed E-state index contributed by atoms with van der Waals surface area (Å²) < 4.78 is 5.35. The van der Waals surface area contributed by atoms with Crippen molar-refractivity contribution >= 4 is 11.6 Å². The van der Waals surface area contributed by atoms with Gasteiger partial charge in [0.05, 0.1) is 7.11 Å². The number of methoxy groups -OCH3 is 1. The third kappa shape index (κ3) is 5.05. The van der Waals surface area contributed by atoms with Crippen molar-refractivity contribution in [3.63, 3.8) is 0 Å². The lowest BCUT2D eigenvalue weighted by Crippen LogP contribution is -2.57. The van der Waals surface area contributed by atoms with Gasteiger partial charge in [-0.1, -0.05) is 6.07 Å². The maximum absolute atomic E-state index is 5.35. The van der Waals surface area contributed by atoms with Crippen molar-refractivity contribution in [3.8, 4) is 5.75 Å². The maximum Gasteiger partial charge on any atom is 0.193 e. The van der Waals surface area contributed by atoms with Gasteiger partial charge in [0.25, 0.3) is 0 Å². The van der Waals surface area contributed by atoms with Gasteiger partial charge >= 0.3 is 0 Å². The molecule has 1 atom stereocenters. The van der Waals surface area contributed by atoms with E-state index in [2.05, 4.69) is 62.2 Å². The first-order valence-electron chi connectivity index (χ1n) is 9.84. The van der Waals surface area contributed by atoms with Gasteiger partial charge in [-0.3, -0.25) is 9.89 Å². The van der Waals surface area contributed by atoms with Gasteiger partial charge in [-0.15, -0.1) is 0 Å². The zero-order valence-corrected chi connectivity index (χ0v) is 17.2. The third-order valence-electron chi connectivity index (χ3n) is 5.69. The minimum absolute atomic E-state index is 0.526. The molecule has 2 saturated heterocycles. The highest BCUT2D eigenvalue weighted by Gasteiger charge is 2.24. The molecular weight excluding hydrogens is 340 g/mol. The number of nitrogens with zero attached hydrogens (tertiary/aromatic N) is 5. The van der Waals surface area contributed by atoms with Crippen LogP contribution in [0.15, 0.2) is 29.3 Å².